The van der Waals surface area contributed by atoms with Crippen molar-refractivity contribution < 1.29 is 23.6 Å². The number of methoxy groups -OCH3 is 1. The molecule has 29 heavy (non-hydrogen) atoms. The van der Waals surface area contributed by atoms with Gasteiger partial charge in [0.1, 0.15) is 23.9 Å². The maximum absolute atomic E-state index is 12.2. The van der Waals surface area contributed by atoms with Gasteiger partial charge in [-0.1, -0.05) is 0 Å². The zero-order valence-corrected chi connectivity index (χ0v) is 16.0. The molecule has 0 aliphatic heterocycles. The Kier molecular flexibility index (Phi) is 6.12. The van der Waals surface area contributed by atoms with Crippen LogP contribution >= 0.6 is 0 Å². The van der Waals surface area contributed by atoms with Gasteiger partial charge in [0, 0.05) is 6.54 Å². The zero-order valence-electron chi connectivity index (χ0n) is 16.0. The van der Waals surface area contributed by atoms with E-state index >= 15 is 0 Å². The van der Waals surface area contributed by atoms with Crippen LogP contribution in [0.3, 0.4) is 0 Å². The first-order valence-corrected chi connectivity index (χ1v) is 8.79. The van der Waals surface area contributed by atoms with Crippen molar-refractivity contribution >= 4 is 11.7 Å². The number of aromatic nitrogens is 2. The van der Waals surface area contributed by atoms with Crippen LogP contribution in [0.25, 0.3) is 0 Å². The molecule has 10 heteroatoms. The number of nitrogens with one attached hydrogen (secondary N) is 1. The number of rotatable bonds is 9. The average molecular weight is 400 g/mol. The quantitative estimate of drug-likeness (QED) is 0.433. The molecule has 0 radical (unpaired) electrons. The Morgan fingerprint density at radius 2 is 1.97 bits per heavy atom. The predicted octanol–water partition coefficient (Wildman–Crippen LogP) is 2.71. The molecule has 10 nitrogen and oxygen atoms in total. The SMILES string of the molecule is COc1ccc(OCc2ccc(C(=O)NCCn3nc([N+](=O)[O-])cc3C)o2)cc1. The van der Waals surface area contributed by atoms with Crippen molar-refractivity contribution in [2.24, 2.45) is 0 Å². The lowest BCUT2D eigenvalue weighted by atomic mass is 10.3. The van der Waals surface area contributed by atoms with Gasteiger partial charge in [-0.2, -0.15) is 4.68 Å². The molecule has 0 saturated carbocycles. The number of aryl methyl sites for hydroxylation is 1. The second kappa shape index (κ2) is 8.91. The van der Waals surface area contributed by atoms with Crippen molar-refractivity contribution in [3.63, 3.8) is 0 Å². The summed E-state index contributed by atoms with van der Waals surface area (Å²) >= 11 is 0. The summed E-state index contributed by atoms with van der Waals surface area (Å²) in [4.78, 5) is 22.4. The molecule has 0 fully saturated rings. The summed E-state index contributed by atoms with van der Waals surface area (Å²) in [7, 11) is 1.59. The third-order valence-electron chi connectivity index (χ3n) is 4.09. The first-order chi connectivity index (χ1) is 14.0. The van der Waals surface area contributed by atoms with Gasteiger partial charge in [0.2, 0.25) is 0 Å². The Morgan fingerprint density at radius 1 is 1.24 bits per heavy atom. The monoisotopic (exact) mass is 400 g/mol. The van der Waals surface area contributed by atoms with Crippen molar-refractivity contribution in [2.45, 2.75) is 20.1 Å². The summed E-state index contributed by atoms with van der Waals surface area (Å²) in [5.74, 6) is 1.43. The van der Waals surface area contributed by atoms with E-state index in [1.807, 2.05) is 0 Å². The third kappa shape index (κ3) is 5.12. The van der Waals surface area contributed by atoms with Crippen molar-refractivity contribution in [3.05, 3.63) is 69.8 Å². The molecule has 1 amide bonds. The van der Waals surface area contributed by atoms with Crippen molar-refractivity contribution in [1.29, 1.82) is 0 Å². The van der Waals surface area contributed by atoms with E-state index < -0.39 is 4.92 Å². The fourth-order valence-electron chi connectivity index (χ4n) is 2.57. The second-order valence-electron chi connectivity index (χ2n) is 6.11. The smallest absolute Gasteiger partial charge is 0.390 e. The van der Waals surface area contributed by atoms with Gasteiger partial charge in [0.05, 0.1) is 30.5 Å². The molecule has 1 N–H and O–H groups in total. The highest BCUT2D eigenvalue weighted by Gasteiger charge is 2.16. The number of hydrogen-bond acceptors (Lipinski definition) is 7. The molecule has 0 aliphatic carbocycles. The number of hydrogen-bond donors (Lipinski definition) is 1. The molecule has 0 saturated heterocycles. The molecule has 0 bridgehead atoms. The first kappa shape index (κ1) is 19.9. The molecule has 152 valence electrons. The van der Waals surface area contributed by atoms with Crippen molar-refractivity contribution in [2.75, 3.05) is 13.7 Å². The van der Waals surface area contributed by atoms with E-state index in [4.69, 9.17) is 13.9 Å². The number of ether oxygens (including phenoxy) is 2. The third-order valence-corrected chi connectivity index (χ3v) is 4.09. The molecule has 1 aromatic carbocycles. The Balaban J connectivity index is 1.48. The van der Waals surface area contributed by atoms with E-state index in [-0.39, 0.29) is 30.6 Å². The van der Waals surface area contributed by atoms with E-state index in [1.165, 1.54) is 10.7 Å². The summed E-state index contributed by atoms with van der Waals surface area (Å²) in [6, 6.07) is 11.7. The zero-order chi connectivity index (χ0) is 20.8. The topological polar surface area (TPSA) is 122 Å². The highest BCUT2D eigenvalue weighted by atomic mass is 16.6. The minimum Gasteiger partial charge on any atom is -0.497 e. The van der Waals surface area contributed by atoms with Crippen molar-refractivity contribution in [3.8, 4) is 11.5 Å². The highest BCUT2D eigenvalue weighted by Crippen LogP contribution is 2.19. The molecule has 3 aromatic rings. The van der Waals surface area contributed by atoms with Crippen LogP contribution in [-0.4, -0.2) is 34.3 Å². The largest absolute Gasteiger partial charge is 0.497 e. The number of nitro groups is 1. The highest BCUT2D eigenvalue weighted by molar-refractivity contribution is 5.91. The molecular formula is C19H20N4O6. The maximum Gasteiger partial charge on any atom is 0.390 e. The van der Waals surface area contributed by atoms with Crippen LogP contribution < -0.4 is 14.8 Å². The van der Waals surface area contributed by atoms with Crippen LogP contribution in [-0.2, 0) is 13.2 Å². The number of carbonyl (C=O) groups excluding carboxylic acids is 1. The first-order valence-electron chi connectivity index (χ1n) is 8.79. The van der Waals surface area contributed by atoms with Crippen molar-refractivity contribution in [1.82, 2.24) is 15.1 Å². The predicted molar refractivity (Wildman–Crippen MR) is 102 cm³/mol. The Bertz CT molecular complexity index is 993. The van der Waals surface area contributed by atoms with E-state index in [9.17, 15) is 14.9 Å². The molecule has 0 spiro atoms. The average Bonchev–Trinajstić information content (AvgIpc) is 3.34. The van der Waals surface area contributed by atoms with E-state index in [2.05, 4.69) is 10.4 Å². The molecule has 2 heterocycles. The number of nitrogens with zero attached hydrogens (tertiary/aromatic N) is 3. The maximum atomic E-state index is 12.2. The van der Waals surface area contributed by atoms with Gasteiger partial charge in [0.15, 0.2) is 5.76 Å². The lowest BCUT2D eigenvalue weighted by Gasteiger charge is -2.05. The van der Waals surface area contributed by atoms with Crippen LogP contribution in [0.1, 0.15) is 22.0 Å². The summed E-state index contributed by atoms with van der Waals surface area (Å²) < 4.78 is 17.7. The number of benzene rings is 1. The number of furan rings is 1. The Morgan fingerprint density at radius 3 is 2.62 bits per heavy atom. The van der Waals surface area contributed by atoms with E-state index in [0.29, 0.717) is 23.7 Å². The molecule has 0 unspecified atom stereocenters. The van der Waals surface area contributed by atoms with Gasteiger partial charge in [-0.15, -0.1) is 0 Å². The van der Waals surface area contributed by atoms with Crippen LogP contribution in [0.2, 0.25) is 0 Å². The minimum atomic E-state index is -0.555. The lowest BCUT2D eigenvalue weighted by molar-refractivity contribution is -0.389. The van der Waals surface area contributed by atoms with E-state index in [1.54, 1.807) is 50.4 Å². The molecule has 2 aromatic heterocycles. The van der Waals surface area contributed by atoms with Crippen LogP contribution in [0.15, 0.2) is 46.9 Å². The summed E-state index contributed by atoms with van der Waals surface area (Å²) in [6.07, 6.45) is 0. The molecule has 0 atom stereocenters. The van der Waals surface area contributed by atoms with Gasteiger partial charge in [-0.05, 0) is 48.2 Å². The Labute approximate surface area is 166 Å². The van der Waals surface area contributed by atoms with Crippen LogP contribution in [0.4, 0.5) is 5.82 Å². The van der Waals surface area contributed by atoms with Gasteiger partial charge in [-0.25, -0.2) is 0 Å². The second-order valence-corrected chi connectivity index (χ2v) is 6.11. The molecule has 0 aliphatic rings. The molecule has 3 rings (SSSR count). The van der Waals surface area contributed by atoms with Crippen LogP contribution in [0, 0.1) is 17.0 Å². The van der Waals surface area contributed by atoms with Gasteiger partial charge < -0.3 is 29.3 Å². The van der Waals surface area contributed by atoms with Crippen LogP contribution in [0.5, 0.6) is 11.5 Å². The Hall–Kier alpha value is -3.82. The standard InChI is InChI=1S/C19H20N4O6/c1-13-11-18(23(25)26)21-22(13)10-9-20-19(24)17-8-7-16(29-17)12-28-15-5-3-14(27-2)4-6-15/h3-8,11H,9-10,12H2,1-2H3,(H,20,24). The molecular weight excluding hydrogens is 380 g/mol. The number of amides is 1. The van der Waals surface area contributed by atoms with Gasteiger partial charge in [-0.3, -0.25) is 4.79 Å². The summed E-state index contributed by atoms with van der Waals surface area (Å²) in [5, 5.41) is 17.3. The minimum absolute atomic E-state index is 0.154. The fraction of sp³-hybridized carbons (Fsp3) is 0.263. The van der Waals surface area contributed by atoms with E-state index in [0.717, 1.165) is 5.75 Å². The summed E-state index contributed by atoms with van der Waals surface area (Å²) in [6.45, 7) is 2.44. The number of carbonyl (C=O) groups is 1. The van der Waals surface area contributed by atoms with Gasteiger partial charge >= 0.3 is 5.82 Å². The fourth-order valence-corrected chi connectivity index (χ4v) is 2.57. The lowest BCUT2D eigenvalue weighted by Crippen LogP contribution is -2.27. The summed E-state index contributed by atoms with van der Waals surface area (Å²) in [5.41, 5.74) is 0.641. The van der Waals surface area contributed by atoms with Gasteiger partial charge in [0.25, 0.3) is 5.91 Å². The normalized spacial score (nSPS) is 10.6.